The molecule has 0 saturated carbocycles. The van der Waals surface area contributed by atoms with Crippen molar-refractivity contribution in [3.63, 3.8) is 0 Å². The van der Waals surface area contributed by atoms with Gasteiger partial charge in [0.1, 0.15) is 0 Å². The number of thiophene rings is 1. The quantitative estimate of drug-likeness (QED) is 0.797. The van der Waals surface area contributed by atoms with E-state index in [1.54, 1.807) is 0 Å². The number of hydrogen-bond donors (Lipinski definition) is 1. The second kappa shape index (κ2) is 3.85. The molecule has 15 heavy (non-hydrogen) atoms. The third-order valence-corrected chi connectivity index (χ3v) is 4.06. The van der Waals surface area contributed by atoms with E-state index in [2.05, 4.69) is 11.9 Å². The summed E-state index contributed by atoms with van der Waals surface area (Å²) >= 11 is 1.20. The molecule has 1 aliphatic heterocycles. The Hall–Kier alpha value is -0.450. The topological polar surface area (TPSA) is 29.3 Å². The molecule has 1 aromatic rings. The molecule has 84 valence electrons. The van der Waals surface area contributed by atoms with Gasteiger partial charge in [-0.15, -0.1) is 11.3 Å². The van der Waals surface area contributed by atoms with Crippen LogP contribution in [0.15, 0.2) is 6.07 Å². The fourth-order valence-corrected chi connectivity index (χ4v) is 2.94. The predicted molar refractivity (Wildman–Crippen MR) is 61.6 cm³/mol. The van der Waals surface area contributed by atoms with Crippen LogP contribution in [0.5, 0.6) is 0 Å². The van der Waals surface area contributed by atoms with Gasteiger partial charge in [0.15, 0.2) is 5.13 Å². The highest BCUT2D eigenvalue weighted by atomic mass is 32.1. The normalized spacial score (nSPS) is 21.9. The molecule has 1 aliphatic rings. The molecule has 2 N–H and O–H groups in total. The first-order chi connectivity index (χ1) is 7.01. The molecular weight excluding hydrogens is 211 g/mol. The molecule has 0 radical (unpaired) electrons. The van der Waals surface area contributed by atoms with Gasteiger partial charge in [-0.1, -0.05) is 0 Å². The Kier molecular flexibility index (Phi) is 2.83. The van der Waals surface area contributed by atoms with Gasteiger partial charge in [-0.2, -0.15) is 4.39 Å². The lowest BCUT2D eigenvalue weighted by Gasteiger charge is -2.37. The Balaban J connectivity index is 2.25. The third kappa shape index (κ3) is 2.07. The van der Waals surface area contributed by atoms with Crippen LogP contribution in [0.4, 0.5) is 4.39 Å². The lowest BCUT2D eigenvalue weighted by molar-refractivity contribution is 0.188. The van der Waals surface area contributed by atoms with Crippen molar-refractivity contribution in [1.29, 1.82) is 0 Å². The van der Waals surface area contributed by atoms with Gasteiger partial charge in [0, 0.05) is 16.0 Å². The van der Waals surface area contributed by atoms with E-state index in [-0.39, 0.29) is 5.13 Å². The van der Waals surface area contributed by atoms with Crippen LogP contribution >= 0.6 is 11.3 Å². The summed E-state index contributed by atoms with van der Waals surface area (Å²) in [6.45, 7) is 3.82. The molecule has 0 aliphatic carbocycles. The average molecular weight is 228 g/mol. The molecule has 4 heteroatoms. The molecule has 1 saturated heterocycles. The van der Waals surface area contributed by atoms with Crippen LogP contribution < -0.4 is 5.73 Å². The highest BCUT2D eigenvalue weighted by molar-refractivity contribution is 7.10. The van der Waals surface area contributed by atoms with Crippen LogP contribution in [0.1, 0.15) is 23.3 Å². The summed E-state index contributed by atoms with van der Waals surface area (Å²) < 4.78 is 13.7. The van der Waals surface area contributed by atoms with Gasteiger partial charge in [-0.3, -0.25) is 0 Å². The SMILES string of the molecule is Cc1cc(C2(N)CCN(C)CC2)c(F)s1. The summed E-state index contributed by atoms with van der Waals surface area (Å²) in [5.41, 5.74) is 6.57. The maximum Gasteiger partial charge on any atom is 0.181 e. The first-order valence-corrected chi connectivity index (χ1v) is 6.07. The second-order valence-electron chi connectivity index (χ2n) is 4.50. The molecule has 2 heterocycles. The first kappa shape index (κ1) is 11.0. The van der Waals surface area contributed by atoms with Crippen LogP contribution in [0.2, 0.25) is 0 Å². The summed E-state index contributed by atoms with van der Waals surface area (Å²) in [6.07, 6.45) is 1.69. The van der Waals surface area contributed by atoms with Crippen molar-refractivity contribution in [3.05, 3.63) is 21.6 Å². The molecule has 1 fully saturated rings. The number of nitrogens with zero attached hydrogens (tertiary/aromatic N) is 1. The summed E-state index contributed by atoms with van der Waals surface area (Å²) in [5, 5.41) is -0.0976. The van der Waals surface area contributed by atoms with E-state index in [9.17, 15) is 4.39 Å². The van der Waals surface area contributed by atoms with Gasteiger partial charge >= 0.3 is 0 Å². The fourth-order valence-electron chi connectivity index (χ4n) is 2.11. The van der Waals surface area contributed by atoms with Gasteiger partial charge in [0.05, 0.1) is 0 Å². The van der Waals surface area contributed by atoms with Crippen LogP contribution in [-0.4, -0.2) is 25.0 Å². The van der Waals surface area contributed by atoms with Crippen LogP contribution in [0.25, 0.3) is 0 Å². The predicted octanol–water partition coefficient (Wildman–Crippen LogP) is 2.08. The monoisotopic (exact) mass is 228 g/mol. The minimum absolute atomic E-state index is 0.0976. The van der Waals surface area contributed by atoms with Gasteiger partial charge in [0.2, 0.25) is 0 Å². The second-order valence-corrected chi connectivity index (χ2v) is 5.71. The minimum Gasteiger partial charge on any atom is -0.321 e. The number of aryl methyl sites for hydroxylation is 1. The maximum atomic E-state index is 13.7. The molecule has 0 unspecified atom stereocenters. The summed E-state index contributed by atoms with van der Waals surface area (Å²) in [5.74, 6) is 0. The van der Waals surface area contributed by atoms with Crippen LogP contribution in [-0.2, 0) is 5.54 Å². The smallest absolute Gasteiger partial charge is 0.181 e. The standard InChI is InChI=1S/C11H17FN2S/c1-8-7-9(10(12)15-8)11(13)3-5-14(2)6-4-11/h7H,3-6,13H2,1-2H3. The Bertz CT molecular complexity index is 353. The molecule has 0 spiro atoms. The van der Waals surface area contributed by atoms with Crippen LogP contribution in [0, 0.1) is 12.1 Å². The summed E-state index contributed by atoms with van der Waals surface area (Å²) in [7, 11) is 2.08. The van der Waals surface area contributed by atoms with E-state index in [1.807, 2.05) is 13.0 Å². The maximum absolute atomic E-state index is 13.7. The molecule has 2 nitrogen and oxygen atoms in total. The van der Waals surface area contributed by atoms with Crippen molar-refractivity contribution < 1.29 is 4.39 Å². The Morgan fingerprint density at radius 3 is 2.53 bits per heavy atom. The van der Waals surface area contributed by atoms with E-state index in [1.165, 1.54) is 11.3 Å². The molecule has 0 aromatic carbocycles. The molecular formula is C11H17FN2S. The van der Waals surface area contributed by atoms with Crippen molar-refractivity contribution in [3.8, 4) is 0 Å². The molecule has 2 rings (SSSR count). The van der Waals surface area contributed by atoms with Crippen molar-refractivity contribution in [2.45, 2.75) is 25.3 Å². The van der Waals surface area contributed by atoms with E-state index in [0.717, 1.165) is 36.4 Å². The molecule has 0 atom stereocenters. The van der Waals surface area contributed by atoms with Gasteiger partial charge in [-0.05, 0) is 46.0 Å². The van der Waals surface area contributed by atoms with Crippen molar-refractivity contribution in [2.24, 2.45) is 5.73 Å². The van der Waals surface area contributed by atoms with Gasteiger partial charge in [-0.25, -0.2) is 0 Å². The number of nitrogens with two attached hydrogens (primary N) is 1. The van der Waals surface area contributed by atoms with E-state index in [0.29, 0.717) is 0 Å². The van der Waals surface area contributed by atoms with E-state index >= 15 is 0 Å². The van der Waals surface area contributed by atoms with Gasteiger partial charge in [0.25, 0.3) is 0 Å². The number of likely N-dealkylation sites (tertiary alicyclic amines) is 1. The fraction of sp³-hybridized carbons (Fsp3) is 0.636. The first-order valence-electron chi connectivity index (χ1n) is 5.25. The molecule has 1 aromatic heterocycles. The summed E-state index contributed by atoms with van der Waals surface area (Å²) in [6, 6.07) is 1.91. The third-order valence-electron chi connectivity index (χ3n) is 3.23. The zero-order chi connectivity index (χ0) is 11.1. The average Bonchev–Trinajstić information content (AvgIpc) is 2.52. The van der Waals surface area contributed by atoms with E-state index < -0.39 is 5.54 Å². The number of halogens is 1. The zero-order valence-corrected chi connectivity index (χ0v) is 10.0. The summed E-state index contributed by atoms with van der Waals surface area (Å²) in [4.78, 5) is 3.24. The molecule has 0 bridgehead atoms. The van der Waals surface area contributed by atoms with Crippen molar-refractivity contribution in [2.75, 3.05) is 20.1 Å². The minimum atomic E-state index is -0.443. The zero-order valence-electron chi connectivity index (χ0n) is 9.22. The lowest BCUT2D eigenvalue weighted by atomic mass is 9.83. The van der Waals surface area contributed by atoms with E-state index in [4.69, 9.17) is 5.73 Å². The van der Waals surface area contributed by atoms with Gasteiger partial charge < -0.3 is 10.6 Å². The lowest BCUT2D eigenvalue weighted by Crippen LogP contribution is -2.47. The Labute approximate surface area is 93.9 Å². The van der Waals surface area contributed by atoms with Crippen LogP contribution in [0.3, 0.4) is 0 Å². The highest BCUT2D eigenvalue weighted by Crippen LogP contribution is 2.35. The largest absolute Gasteiger partial charge is 0.321 e. The van der Waals surface area contributed by atoms with Crippen molar-refractivity contribution >= 4 is 11.3 Å². The number of piperidine rings is 1. The highest BCUT2D eigenvalue weighted by Gasteiger charge is 2.34. The number of hydrogen-bond acceptors (Lipinski definition) is 3. The van der Waals surface area contributed by atoms with Crippen molar-refractivity contribution in [1.82, 2.24) is 4.90 Å². The number of rotatable bonds is 1. The molecule has 0 amide bonds. The Morgan fingerprint density at radius 1 is 1.47 bits per heavy atom. The Morgan fingerprint density at radius 2 is 2.07 bits per heavy atom.